The molecule has 20 heavy (non-hydrogen) atoms. The fourth-order valence-electron chi connectivity index (χ4n) is 2.15. The molecule has 1 unspecified atom stereocenters. The van der Waals surface area contributed by atoms with Crippen LogP contribution in [0.2, 0.25) is 0 Å². The SMILES string of the molecule is CS(=O)CCCn1c(CCCl)nc2ccc(F)c(F)c21. The van der Waals surface area contributed by atoms with Crippen LogP contribution >= 0.6 is 11.6 Å². The average Bonchev–Trinajstić information content (AvgIpc) is 2.73. The maximum Gasteiger partial charge on any atom is 0.184 e. The fraction of sp³-hybridized carbons (Fsp3) is 0.462. The van der Waals surface area contributed by atoms with E-state index in [1.165, 1.54) is 6.07 Å². The fourth-order valence-corrected chi connectivity index (χ4v) is 2.85. The standard InChI is InChI=1S/C13H15ClF2N2OS/c1-20(19)8-2-7-18-11(5-6-14)17-10-4-3-9(15)12(16)13(10)18/h3-4H,2,5-8H2,1H3. The van der Waals surface area contributed by atoms with Crippen LogP contribution in [0.5, 0.6) is 0 Å². The number of hydrogen-bond donors (Lipinski definition) is 0. The van der Waals surface area contributed by atoms with Crippen molar-refractivity contribution in [2.75, 3.05) is 17.9 Å². The van der Waals surface area contributed by atoms with E-state index in [1.54, 1.807) is 10.8 Å². The summed E-state index contributed by atoms with van der Waals surface area (Å²) in [6.07, 6.45) is 2.71. The Kier molecular flexibility index (Phi) is 5.10. The lowest BCUT2D eigenvalue weighted by Crippen LogP contribution is -2.08. The smallest absolute Gasteiger partial charge is 0.184 e. The monoisotopic (exact) mass is 320 g/mol. The molecule has 1 aromatic carbocycles. The van der Waals surface area contributed by atoms with E-state index in [0.29, 0.717) is 42.4 Å². The molecule has 0 aliphatic heterocycles. The number of hydrogen-bond acceptors (Lipinski definition) is 2. The second-order valence-corrected chi connectivity index (χ2v) is 6.41. The van der Waals surface area contributed by atoms with Crippen molar-refractivity contribution in [3.63, 3.8) is 0 Å². The molecule has 0 spiro atoms. The van der Waals surface area contributed by atoms with Gasteiger partial charge in [0.05, 0.1) is 5.52 Å². The summed E-state index contributed by atoms with van der Waals surface area (Å²) < 4.78 is 40.1. The minimum Gasteiger partial charge on any atom is -0.325 e. The number of halogens is 3. The Balaban J connectivity index is 2.43. The predicted octanol–water partition coefficient (Wildman–Crippen LogP) is 2.86. The van der Waals surface area contributed by atoms with Crippen LogP contribution in [0.15, 0.2) is 12.1 Å². The third-order valence-electron chi connectivity index (χ3n) is 3.01. The van der Waals surface area contributed by atoms with Gasteiger partial charge in [0.2, 0.25) is 0 Å². The zero-order valence-electron chi connectivity index (χ0n) is 11.0. The van der Waals surface area contributed by atoms with E-state index in [4.69, 9.17) is 11.6 Å². The number of aromatic nitrogens is 2. The summed E-state index contributed by atoms with van der Waals surface area (Å²) >= 11 is 5.72. The second kappa shape index (κ2) is 6.63. The first-order valence-corrected chi connectivity index (χ1v) is 8.50. The van der Waals surface area contributed by atoms with Crippen molar-refractivity contribution in [3.8, 4) is 0 Å². The molecule has 0 saturated heterocycles. The van der Waals surface area contributed by atoms with Crippen molar-refractivity contribution in [2.45, 2.75) is 19.4 Å². The summed E-state index contributed by atoms with van der Waals surface area (Å²) in [4.78, 5) is 4.30. The van der Waals surface area contributed by atoms with Crippen LogP contribution in [-0.4, -0.2) is 31.6 Å². The number of rotatable bonds is 6. The minimum absolute atomic E-state index is 0.159. The Bertz CT molecular complexity index is 645. The van der Waals surface area contributed by atoms with Crippen LogP contribution in [0.4, 0.5) is 8.78 Å². The van der Waals surface area contributed by atoms with Crippen molar-refractivity contribution >= 4 is 33.4 Å². The van der Waals surface area contributed by atoms with Crippen LogP contribution < -0.4 is 0 Å². The van der Waals surface area contributed by atoms with Crippen molar-refractivity contribution in [3.05, 3.63) is 29.6 Å². The second-order valence-electron chi connectivity index (χ2n) is 4.48. The first kappa shape index (κ1) is 15.4. The molecule has 0 fully saturated rings. The van der Waals surface area contributed by atoms with Gasteiger partial charge >= 0.3 is 0 Å². The molecule has 1 aromatic heterocycles. The number of fused-ring (bicyclic) bond motifs is 1. The molecule has 2 aromatic rings. The van der Waals surface area contributed by atoms with E-state index in [0.717, 1.165) is 6.07 Å². The van der Waals surface area contributed by atoms with E-state index in [1.807, 2.05) is 0 Å². The quantitative estimate of drug-likeness (QED) is 0.767. The normalized spacial score (nSPS) is 13.0. The van der Waals surface area contributed by atoms with E-state index >= 15 is 0 Å². The molecular weight excluding hydrogens is 306 g/mol. The van der Waals surface area contributed by atoms with E-state index in [9.17, 15) is 13.0 Å². The van der Waals surface area contributed by atoms with E-state index in [2.05, 4.69) is 4.98 Å². The number of nitrogens with zero attached hydrogens (tertiary/aromatic N) is 2. The van der Waals surface area contributed by atoms with Gasteiger partial charge in [0.15, 0.2) is 11.6 Å². The van der Waals surface area contributed by atoms with E-state index < -0.39 is 22.4 Å². The molecule has 0 aliphatic rings. The molecule has 2 rings (SSSR count). The van der Waals surface area contributed by atoms with Gasteiger partial charge in [-0.3, -0.25) is 4.21 Å². The average molecular weight is 321 g/mol. The molecule has 0 saturated carbocycles. The van der Waals surface area contributed by atoms with Gasteiger partial charge in [-0.1, -0.05) is 0 Å². The Morgan fingerprint density at radius 1 is 1.40 bits per heavy atom. The first-order valence-electron chi connectivity index (χ1n) is 6.23. The van der Waals surface area contributed by atoms with Gasteiger partial charge in [0.1, 0.15) is 11.3 Å². The first-order chi connectivity index (χ1) is 9.54. The Hall–Kier alpha value is -1.01. The third-order valence-corrected chi connectivity index (χ3v) is 4.06. The van der Waals surface area contributed by atoms with Crippen molar-refractivity contribution in [1.82, 2.24) is 9.55 Å². The number of aryl methyl sites for hydroxylation is 2. The summed E-state index contributed by atoms with van der Waals surface area (Å²) in [7, 11) is -0.909. The zero-order valence-corrected chi connectivity index (χ0v) is 12.6. The lowest BCUT2D eigenvalue weighted by molar-refractivity contribution is 0.509. The maximum absolute atomic E-state index is 14.0. The van der Waals surface area contributed by atoms with Crippen LogP contribution in [0, 0.1) is 11.6 Å². The molecule has 0 aliphatic carbocycles. The highest BCUT2D eigenvalue weighted by atomic mass is 35.5. The van der Waals surface area contributed by atoms with Crippen LogP contribution in [0.3, 0.4) is 0 Å². The molecule has 1 atom stereocenters. The highest BCUT2D eigenvalue weighted by Gasteiger charge is 2.17. The summed E-state index contributed by atoms with van der Waals surface area (Å²) in [5, 5.41) is 0. The van der Waals surface area contributed by atoms with Crippen molar-refractivity contribution in [1.29, 1.82) is 0 Å². The summed E-state index contributed by atoms with van der Waals surface area (Å²) in [5.41, 5.74) is 0.577. The summed E-state index contributed by atoms with van der Waals surface area (Å²) in [5.74, 6) is -0.297. The predicted molar refractivity (Wildman–Crippen MR) is 77.6 cm³/mol. The highest BCUT2D eigenvalue weighted by molar-refractivity contribution is 7.84. The number of imidazole rings is 1. The molecule has 1 heterocycles. The lowest BCUT2D eigenvalue weighted by atomic mass is 10.3. The molecule has 7 heteroatoms. The largest absolute Gasteiger partial charge is 0.325 e. The van der Waals surface area contributed by atoms with Gasteiger partial charge in [-0.2, -0.15) is 0 Å². The van der Waals surface area contributed by atoms with Gasteiger partial charge in [0.25, 0.3) is 0 Å². The summed E-state index contributed by atoms with van der Waals surface area (Å²) in [6, 6.07) is 2.53. The Labute approximate surface area is 123 Å². The highest BCUT2D eigenvalue weighted by Crippen LogP contribution is 2.23. The molecule has 0 N–H and O–H groups in total. The molecule has 110 valence electrons. The van der Waals surface area contributed by atoms with Gasteiger partial charge in [-0.15, -0.1) is 11.6 Å². The third kappa shape index (κ3) is 3.17. The maximum atomic E-state index is 14.0. The van der Waals surface area contributed by atoms with Crippen LogP contribution in [0.1, 0.15) is 12.2 Å². The lowest BCUT2D eigenvalue weighted by Gasteiger charge is -2.08. The Morgan fingerprint density at radius 2 is 2.15 bits per heavy atom. The summed E-state index contributed by atoms with van der Waals surface area (Å²) in [6.45, 7) is 0.447. The zero-order chi connectivity index (χ0) is 14.7. The molecule has 3 nitrogen and oxygen atoms in total. The van der Waals surface area contributed by atoms with Crippen LogP contribution in [-0.2, 0) is 23.8 Å². The van der Waals surface area contributed by atoms with Gasteiger partial charge in [-0.25, -0.2) is 13.8 Å². The Morgan fingerprint density at radius 3 is 2.80 bits per heavy atom. The number of alkyl halides is 1. The minimum atomic E-state index is -0.909. The molecule has 0 radical (unpaired) electrons. The van der Waals surface area contributed by atoms with Gasteiger partial charge in [0, 0.05) is 41.7 Å². The van der Waals surface area contributed by atoms with Gasteiger partial charge < -0.3 is 4.57 Å². The topological polar surface area (TPSA) is 34.9 Å². The molecule has 0 bridgehead atoms. The molecule has 0 amide bonds. The van der Waals surface area contributed by atoms with Crippen molar-refractivity contribution < 1.29 is 13.0 Å². The number of benzene rings is 1. The van der Waals surface area contributed by atoms with E-state index in [-0.39, 0.29) is 5.52 Å². The molecular formula is C13H15ClF2N2OS. The van der Waals surface area contributed by atoms with Crippen molar-refractivity contribution in [2.24, 2.45) is 0 Å². The van der Waals surface area contributed by atoms with Gasteiger partial charge in [-0.05, 0) is 18.6 Å². The van der Waals surface area contributed by atoms with Crippen LogP contribution in [0.25, 0.3) is 11.0 Å².